The maximum Gasteiger partial charge on any atom is 0.260 e. The molecule has 0 amide bonds. The van der Waals surface area contributed by atoms with E-state index in [0.717, 1.165) is 37.9 Å². The molecule has 3 aromatic rings. The van der Waals surface area contributed by atoms with Crippen LogP contribution in [0.5, 0.6) is 0 Å². The smallest absolute Gasteiger partial charge is 0.260 e. The monoisotopic (exact) mass is 513 g/mol. The highest BCUT2D eigenvalue weighted by Gasteiger charge is 2.46. The van der Waals surface area contributed by atoms with Crippen LogP contribution in [0.2, 0.25) is 5.02 Å². The first-order chi connectivity index (χ1) is 17.8. The number of rotatable bonds is 3. The molecule has 1 fully saturated rings. The van der Waals surface area contributed by atoms with Crippen molar-refractivity contribution in [2.45, 2.75) is 32.2 Å². The van der Waals surface area contributed by atoms with E-state index in [9.17, 15) is 4.79 Å². The van der Waals surface area contributed by atoms with Crippen LogP contribution in [-0.4, -0.2) is 36.4 Å². The van der Waals surface area contributed by atoms with Crippen molar-refractivity contribution in [3.05, 3.63) is 85.9 Å². The molecule has 188 valence electrons. The number of hydrogen-bond donors (Lipinski definition) is 1. The van der Waals surface area contributed by atoms with Gasteiger partial charge in [0.1, 0.15) is 18.2 Å². The molecule has 1 spiro atoms. The van der Waals surface area contributed by atoms with Gasteiger partial charge in [-0.1, -0.05) is 29.5 Å². The van der Waals surface area contributed by atoms with Crippen molar-refractivity contribution in [3.63, 3.8) is 0 Å². The number of piperidine rings is 1. The normalized spacial score (nSPS) is 17.7. The molecule has 1 aliphatic carbocycles. The SMILES string of the molecule is COCC#Cc1ccc2c(c1)[C@@H](N)C1(CCN(c3cc(=O)n(-c4ccc(C#N)cc4Cl)c(C)n3)CC1)C2. The number of hydrogen-bond acceptors (Lipinski definition) is 6. The van der Waals surface area contributed by atoms with Crippen molar-refractivity contribution in [2.75, 3.05) is 31.7 Å². The Morgan fingerprint density at radius 1 is 1.19 bits per heavy atom. The average Bonchev–Trinajstić information content (AvgIpc) is 3.15. The van der Waals surface area contributed by atoms with Crippen molar-refractivity contribution in [2.24, 2.45) is 11.1 Å². The fourth-order valence-electron chi connectivity index (χ4n) is 5.62. The second-order valence-electron chi connectivity index (χ2n) is 9.77. The first kappa shape index (κ1) is 25.0. The quantitative estimate of drug-likeness (QED) is 0.533. The van der Waals surface area contributed by atoms with Crippen molar-refractivity contribution >= 4 is 17.4 Å². The Bertz CT molecular complexity index is 1520. The van der Waals surface area contributed by atoms with Crippen molar-refractivity contribution < 1.29 is 4.74 Å². The molecule has 37 heavy (non-hydrogen) atoms. The Balaban J connectivity index is 1.34. The molecule has 0 bridgehead atoms. The van der Waals surface area contributed by atoms with Gasteiger partial charge in [0.05, 0.1) is 22.3 Å². The van der Waals surface area contributed by atoms with E-state index in [2.05, 4.69) is 41.0 Å². The van der Waals surface area contributed by atoms with Crippen molar-refractivity contribution in [1.29, 1.82) is 5.26 Å². The lowest BCUT2D eigenvalue weighted by Gasteiger charge is -2.42. The standard InChI is InChI=1S/C29H28ClN5O2/c1-19-33-26(16-27(36)35(19)25-8-6-21(18-31)15-24(25)30)34-11-9-29(10-12-34)17-22-7-5-20(4-3-13-37-2)14-23(22)28(29)32/h5-8,14-16,28H,9-13,17,32H2,1-2H3/t28-/m1/s1. The number of halogens is 1. The molecule has 0 unspecified atom stereocenters. The van der Waals surface area contributed by atoms with Gasteiger partial charge in [0, 0.05) is 37.9 Å². The molecule has 0 radical (unpaired) electrons. The number of nitriles is 1. The lowest BCUT2D eigenvalue weighted by Crippen LogP contribution is -2.45. The molecule has 0 saturated carbocycles. The number of aryl methyl sites for hydroxylation is 1. The molecule has 1 aromatic heterocycles. The molecular weight excluding hydrogens is 486 g/mol. The van der Waals surface area contributed by atoms with Crippen molar-refractivity contribution in [3.8, 4) is 23.6 Å². The fourth-order valence-corrected chi connectivity index (χ4v) is 5.88. The van der Waals surface area contributed by atoms with E-state index in [4.69, 9.17) is 32.3 Å². The Labute approximate surface area is 221 Å². The lowest BCUT2D eigenvalue weighted by molar-refractivity contribution is 0.187. The highest BCUT2D eigenvalue weighted by molar-refractivity contribution is 6.32. The predicted octanol–water partition coefficient (Wildman–Crippen LogP) is 3.91. The van der Waals surface area contributed by atoms with Gasteiger partial charge in [0.2, 0.25) is 0 Å². The van der Waals surface area contributed by atoms with Gasteiger partial charge in [0.15, 0.2) is 0 Å². The van der Waals surface area contributed by atoms with Gasteiger partial charge < -0.3 is 15.4 Å². The minimum absolute atomic E-state index is 0.00252. The molecule has 7 nitrogen and oxygen atoms in total. The zero-order chi connectivity index (χ0) is 26.2. The van der Waals surface area contributed by atoms with E-state index in [-0.39, 0.29) is 17.0 Å². The summed E-state index contributed by atoms with van der Waals surface area (Å²) in [6.45, 7) is 3.74. The molecular formula is C29H28ClN5O2. The topological polar surface area (TPSA) is 97.2 Å². The van der Waals surface area contributed by atoms with E-state index in [1.54, 1.807) is 38.3 Å². The third-order valence-corrected chi connectivity index (χ3v) is 7.91. The van der Waals surface area contributed by atoms with Gasteiger partial charge >= 0.3 is 0 Å². The van der Waals surface area contributed by atoms with E-state index in [1.165, 1.54) is 15.7 Å². The van der Waals surface area contributed by atoms with Crippen LogP contribution in [-0.2, 0) is 11.2 Å². The molecule has 1 saturated heterocycles. The second-order valence-corrected chi connectivity index (χ2v) is 10.2. The van der Waals surface area contributed by atoms with Gasteiger partial charge in [-0.3, -0.25) is 9.36 Å². The molecule has 5 rings (SSSR count). The summed E-state index contributed by atoms with van der Waals surface area (Å²) in [6.07, 6.45) is 2.78. The van der Waals surface area contributed by atoms with E-state index < -0.39 is 0 Å². The van der Waals surface area contributed by atoms with Crippen LogP contribution < -0.4 is 16.2 Å². The summed E-state index contributed by atoms with van der Waals surface area (Å²) in [6, 6.07) is 14.8. The Hall–Kier alpha value is -3.62. The Morgan fingerprint density at radius 3 is 2.62 bits per heavy atom. The number of fused-ring (bicyclic) bond motifs is 1. The third kappa shape index (κ3) is 4.63. The Kier molecular flexibility index (Phi) is 6.79. The number of ether oxygens (including phenoxy) is 1. The first-order valence-electron chi connectivity index (χ1n) is 12.3. The van der Waals surface area contributed by atoms with Crippen LogP contribution in [0.15, 0.2) is 47.3 Å². The van der Waals surface area contributed by atoms with Crippen LogP contribution in [0, 0.1) is 35.5 Å². The van der Waals surface area contributed by atoms with E-state index in [1.807, 2.05) is 0 Å². The molecule has 2 heterocycles. The predicted molar refractivity (Wildman–Crippen MR) is 144 cm³/mol. The molecule has 2 aliphatic rings. The second kappa shape index (κ2) is 10.0. The molecule has 2 aromatic carbocycles. The molecule has 8 heteroatoms. The molecule has 1 aliphatic heterocycles. The van der Waals surface area contributed by atoms with Crippen LogP contribution in [0.3, 0.4) is 0 Å². The summed E-state index contributed by atoms with van der Waals surface area (Å²) < 4.78 is 6.51. The summed E-state index contributed by atoms with van der Waals surface area (Å²) in [5.41, 5.74) is 11.0. The fraction of sp³-hybridized carbons (Fsp3) is 0.345. The van der Waals surface area contributed by atoms with E-state index in [0.29, 0.717) is 34.5 Å². The highest BCUT2D eigenvalue weighted by Crippen LogP contribution is 2.51. The number of nitrogens with zero attached hydrogens (tertiary/aromatic N) is 4. The number of aromatic nitrogens is 2. The Morgan fingerprint density at radius 2 is 1.95 bits per heavy atom. The largest absolute Gasteiger partial charge is 0.372 e. The van der Waals surface area contributed by atoms with Gasteiger partial charge in [-0.05, 0) is 73.1 Å². The van der Waals surface area contributed by atoms with Gasteiger partial charge in [-0.25, -0.2) is 4.98 Å². The highest BCUT2D eigenvalue weighted by atomic mass is 35.5. The van der Waals surface area contributed by atoms with Gasteiger partial charge in [0.25, 0.3) is 5.56 Å². The van der Waals surface area contributed by atoms with Crippen LogP contribution in [0.1, 0.15) is 47.0 Å². The summed E-state index contributed by atoms with van der Waals surface area (Å²) in [7, 11) is 1.64. The zero-order valence-electron chi connectivity index (χ0n) is 20.9. The van der Waals surface area contributed by atoms with Crippen LogP contribution >= 0.6 is 11.6 Å². The third-order valence-electron chi connectivity index (χ3n) is 7.61. The van der Waals surface area contributed by atoms with Gasteiger partial charge in [-0.2, -0.15) is 5.26 Å². The maximum atomic E-state index is 13.1. The van der Waals surface area contributed by atoms with Gasteiger partial charge in [-0.15, -0.1) is 0 Å². The van der Waals surface area contributed by atoms with Crippen LogP contribution in [0.4, 0.5) is 5.82 Å². The minimum Gasteiger partial charge on any atom is -0.372 e. The van der Waals surface area contributed by atoms with Crippen molar-refractivity contribution in [1.82, 2.24) is 9.55 Å². The van der Waals surface area contributed by atoms with Crippen LogP contribution in [0.25, 0.3) is 5.69 Å². The molecule has 2 N–H and O–H groups in total. The zero-order valence-corrected chi connectivity index (χ0v) is 21.7. The maximum absolute atomic E-state index is 13.1. The van der Waals surface area contributed by atoms with E-state index >= 15 is 0 Å². The molecule has 1 atom stereocenters. The summed E-state index contributed by atoms with van der Waals surface area (Å²) in [5, 5.41) is 9.43. The minimum atomic E-state index is -0.207. The first-order valence-corrected chi connectivity index (χ1v) is 12.6. The summed E-state index contributed by atoms with van der Waals surface area (Å²) >= 11 is 6.36. The summed E-state index contributed by atoms with van der Waals surface area (Å²) in [5.74, 6) is 7.37. The lowest BCUT2D eigenvalue weighted by atomic mass is 9.73. The summed E-state index contributed by atoms with van der Waals surface area (Å²) in [4.78, 5) is 20.0. The average molecular weight is 514 g/mol. The number of anilines is 1. The number of methoxy groups -OCH3 is 1. The number of benzene rings is 2. The number of nitrogens with two attached hydrogens (primary N) is 1.